The lowest BCUT2D eigenvalue weighted by molar-refractivity contribution is -0.384. The molecule has 0 aromatic heterocycles. The van der Waals surface area contributed by atoms with Crippen molar-refractivity contribution in [2.75, 3.05) is 18.9 Å². The van der Waals surface area contributed by atoms with E-state index in [0.29, 0.717) is 12.2 Å². The second kappa shape index (κ2) is 5.79. The van der Waals surface area contributed by atoms with E-state index >= 15 is 0 Å². The van der Waals surface area contributed by atoms with Gasteiger partial charge < -0.3 is 15.2 Å². The average molecular weight is 252 g/mol. The van der Waals surface area contributed by atoms with Crippen molar-refractivity contribution in [2.45, 2.75) is 25.6 Å². The molecule has 0 saturated carbocycles. The van der Waals surface area contributed by atoms with Crippen LogP contribution in [0.2, 0.25) is 0 Å². The summed E-state index contributed by atoms with van der Waals surface area (Å²) in [7, 11) is 0. The third kappa shape index (κ3) is 2.96. The largest absolute Gasteiger partial charge is 0.393 e. The Balaban J connectivity index is 1.92. The summed E-state index contributed by atoms with van der Waals surface area (Å²) in [5.74, 6) is 0. The van der Waals surface area contributed by atoms with Gasteiger partial charge >= 0.3 is 0 Å². The van der Waals surface area contributed by atoms with Crippen LogP contribution in [0.4, 0.5) is 11.4 Å². The van der Waals surface area contributed by atoms with E-state index in [1.54, 1.807) is 12.1 Å². The first-order chi connectivity index (χ1) is 8.68. The van der Waals surface area contributed by atoms with Crippen LogP contribution in [0.25, 0.3) is 0 Å². The fourth-order valence-corrected chi connectivity index (χ4v) is 1.96. The van der Waals surface area contributed by atoms with Gasteiger partial charge in [0.05, 0.1) is 24.2 Å². The lowest BCUT2D eigenvalue weighted by Crippen LogP contribution is -2.14. The van der Waals surface area contributed by atoms with Gasteiger partial charge in [-0.2, -0.15) is 0 Å². The van der Waals surface area contributed by atoms with Crippen molar-refractivity contribution in [3.63, 3.8) is 0 Å². The minimum Gasteiger partial charge on any atom is -0.393 e. The van der Waals surface area contributed by atoms with E-state index < -0.39 is 4.92 Å². The highest BCUT2D eigenvalue weighted by molar-refractivity contribution is 5.62. The molecule has 6 heteroatoms. The molecule has 98 valence electrons. The van der Waals surface area contributed by atoms with Gasteiger partial charge in [-0.15, -0.1) is 0 Å². The Bertz CT molecular complexity index is 430. The Morgan fingerprint density at radius 2 is 2.39 bits per heavy atom. The minimum absolute atomic E-state index is 0.0757. The summed E-state index contributed by atoms with van der Waals surface area (Å²) < 4.78 is 10.9. The molecule has 1 saturated heterocycles. The number of rotatable bonds is 5. The monoisotopic (exact) mass is 252 g/mol. The van der Waals surface area contributed by atoms with Crippen LogP contribution in [0.1, 0.15) is 18.4 Å². The Kier molecular flexibility index (Phi) is 4.11. The van der Waals surface area contributed by atoms with Gasteiger partial charge in [0.1, 0.15) is 5.69 Å². The summed E-state index contributed by atoms with van der Waals surface area (Å²) in [6.07, 6.45) is 2.21. The van der Waals surface area contributed by atoms with E-state index in [-0.39, 0.29) is 24.1 Å². The molecule has 1 aliphatic heterocycles. The van der Waals surface area contributed by atoms with E-state index in [1.165, 1.54) is 6.07 Å². The quantitative estimate of drug-likeness (QED) is 0.491. The second-order valence-electron chi connectivity index (χ2n) is 4.26. The second-order valence-corrected chi connectivity index (χ2v) is 4.26. The summed E-state index contributed by atoms with van der Waals surface area (Å²) in [4.78, 5) is 10.2. The number of nitro groups is 1. The number of nitrogens with zero attached hydrogens (tertiary/aromatic N) is 1. The predicted octanol–water partition coefficient (Wildman–Crippen LogP) is 1.87. The van der Waals surface area contributed by atoms with Gasteiger partial charge in [0, 0.05) is 18.2 Å². The molecule has 1 aliphatic rings. The van der Waals surface area contributed by atoms with Crippen molar-refractivity contribution in [1.29, 1.82) is 0 Å². The van der Waals surface area contributed by atoms with Gasteiger partial charge in [0.25, 0.3) is 5.69 Å². The highest BCUT2D eigenvalue weighted by Crippen LogP contribution is 2.25. The van der Waals surface area contributed by atoms with Crippen molar-refractivity contribution >= 4 is 11.4 Å². The molecule has 1 aromatic carbocycles. The average Bonchev–Trinajstić information content (AvgIpc) is 2.84. The van der Waals surface area contributed by atoms with Crippen LogP contribution < -0.4 is 5.73 Å². The number of ether oxygens (including phenoxy) is 2. The Hall–Kier alpha value is -1.66. The number of hydrogen-bond acceptors (Lipinski definition) is 5. The lowest BCUT2D eigenvalue weighted by atomic mass is 10.1. The SMILES string of the molecule is Nc1c(COCC2CCCO2)cccc1[N+](=O)[O-]. The van der Waals surface area contributed by atoms with Crippen molar-refractivity contribution in [3.8, 4) is 0 Å². The molecule has 0 bridgehead atoms. The van der Waals surface area contributed by atoms with Crippen molar-refractivity contribution in [1.82, 2.24) is 0 Å². The normalized spacial score (nSPS) is 19.0. The molecule has 6 nitrogen and oxygen atoms in total. The van der Waals surface area contributed by atoms with Crippen LogP contribution in [0.15, 0.2) is 18.2 Å². The van der Waals surface area contributed by atoms with Crippen molar-refractivity contribution in [3.05, 3.63) is 33.9 Å². The highest BCUT2D eigenvalue weighted by atomic mass is 16.6. The van der Waals surface area contributed by atoms with Gasteiger partial charge in [-0.05, 0) is 12.8 Å². The molecular formula is C12H16N2O4. The predicted molar refractivity (Wildman–Crippen MR) is 66.1 cm³/mol. The maximum atomic E-state index is 10.7. The molecule has 2 rings (SSSR count). The Morgan fingerprint density at radius 3 is 3.06 bits per heavy atom. The molecule has 1 fully saturated rings. The molecule has 18 heavy (non-hydrogen) atoms. The smallest absolute Gasteiger partial charge is 0.292 e. The topological polar surface area (TPSA) is 87.6 Å². The Labute approximate surface area is 105 Å². The molecular weight excluding hydrogens is 236 g/mol. The molecule has 1 heterocycles. The molecule has 1 atom stereocenters. The summed E-state index contributed by atoms with van der Waals surface area (Å²) in [5, 5.41) is 10.7. The lowest BCUT2D eigenvalue weighted by Gasteiger charge is -2.11. The summed E-state index contributed by atoms with van der Waals surface area (Å²) in [6, 6.07) is 4.73. The number of anilines is 1. The standard InChI is InChI=1S/C12H16N2O4/c13-12-9(3-1-5-11(12)14(15)16)7-17-8-10-4-2-6-18-10/h1,3,5,10H,2,4,6-8,13H2. The van der Waals surface area contributed by atoms with Crippen LogP contribution >= 0.6 is 0 Å². The zero-order valence-corrected chi connectivity index (χ0v) is 10.0. The van der Waals surface area contributed by atoms with Gasteiger partial charge in [-0.25, -0.2) is 0 Å². The summed E-state index contributed by atoms with van der Waals surface area (Å²) in [6.45, 7) is 1.56. The molecule has 0 amide bonds. The number of para-hydroxylation sites is 1. The highest BCUT2D eigenvalue weighted by Gasteiger charge is 2.17. The van der Waals surface area contributed by atoms with E-state index in [1.807, 2.05) is 0 Å². The molecule has 1 unspecified atom stereocenters. The number of nitrogens with two attached hydrogens (primary N) is 1. The van der Waals surface area contributed by atoms with E-state index in [4.69, 9.17) is 15.2 Å². The van der Waals surface area contributed by atoms with E-state index in [0.717, 1.165) is 19.4 Å². The third-order valence-corrected chi connectivity index (χ3v) is 2.96. The molecule has 0 aliphatic carbocycles. The first-order valence-electron chi connectivity index (χ1n) is 5.89. The van der Waals surface area contributed by atoms with Crippen LogP contribution in [-0.2, 0) is 16.1 Å². The van der Waals surface area contributed by atoms with Gasteiger partial charge in [-0.1, -0.05) is 12.1 Å². The summed E-state index contributed by atoms with van der Waals surface area (Å²) >= 11 is 0. The zero-order chi connectivity index (χ0) is 13.0. The molecule has 0 radical (unpaired) electrons. The first kappa shape index (κ1) is 12.8. The third-order valence-electron chi connectivity index (χ3n) is 2.96. The number of hydrogen-bond donors (Lipinski definition) is 1. The molecule has 0 spiro atoms. The van der Waals surface area contributed by atoms with E-state index in [9.17, 15) is 10.1 Å². The minimum atomic E-state index is -0.487. The molecule has 1 aromatic rings. The number of benzene rings is 1. The van der Waals surface area contributed by atoms with Crippen molar-refractivity contribution in [2.24, 2.45) is 0 Å². The zero-order valence-electron chi connectivity index (χ0n) is 10.0. The van der Waals surface area contributed by atoms with Crippen LogP contribution in [0, 0.1) is 10.1 Å². The Morgan fingerprint density at radius 1 is 1.56 bits per heavy atom. The maximum absolute atomic E-state index is 10.7. The summed E-state index contributed by atoms with van der Waals surface area (Å²) in [5.41, 5.74) is 6.47. The van der Waals surface area contributed by atoms with Crippen molar-refractivity contribution < 1.29 is 14.4 Å². The van der Waals surface area contributed by atoms with Crippen LogP contribution in [0.3, 0.4) is 0 Å². The van der Waals surface area contributed by atoms with Crippen LogP contribution in [-0.4, -0.2) is 24.2 Å². The van der Waals surface area contributed by atoms with Gasteiger partial charge in [-0.3, -0.25) is 10.1 Å². The molecule has 2 N–H and O–H groups in total. The fraction of sp³-hybridized carbons (Fsp3) is 0.500. The van der Waals surface area contributed by atoms with E-state index in [2.05, 4.69) is 0 Å². The van der Waals surface area contributed by atoms with Gasteiger partial charge in [0.15, 0.2) is 0 Å². The maximum Gasteiger partial charge on any atom is 0.292 e. The van der Waals surface area contributed by atoms with Gasteiger partial charge in [0.2, 0.25) is 0 Å². The number of nitrogen functional groups attached to an aromatic ring is 1. The number of nitro benzene ring substituents is 1. The first-order valence-corrected chi connectivity index (χ1v) is 5.89. The fourth-order valence-electron chi connectivity index (χ4n) is 1.96. The van der Waals surface area contributed by atoms with Crippen LogP contribution in [0.5, 0.6) is 0 Å².